The number of anilines is 3. The van der Waals surface area contributed by atoms with Crippen LogP contribution in [-0.2, 0) is 0 Å². The molecule has 0 aliphatic carbocycles. The minimum atomic E-state index is -0.116. The van der Waals surface area contributed by atoms with Crippen molar-refractivity contribution in [3.05, 3.63) is 76.6 Å². The van der Waals surface area contributed by atoms with Gasteiger partial charge in [0.15, 0.2) is 11.6 Å². The van der Waals surface area contributed by atoms with Gasteiger partial charge in [-0.15, -0.1) is 10.2 Å². The van der Waals surface area contributed by atoms with Crippen molar-refractivity contribution >= 4 is 35.0 Å². The smallest absolute Gasteiger partial charge is 0.259 e. The Kier molecular flexibility index (Phi) is 6.33. The summed E-state index contributed by atoms with van der Waals surface area (Å²) < 4.78 is 5.37. The molecule has 10 heteroatoms. The van der Waals surface area contributed by atoms with Crippen molar-refractivity contribution < 1.29 is 9.32 Å². The van der Waals surface area contributed by atoms with Gasteiger partial charge in [-0.05, 0) is 43.7 Å². The second kappa shape index (κ2) is 9.71. The zero-order chi connectivity index (χ0) is 24.4. The van der Waals surface area contributed by atoms with E-state index in [0.29, 0.717) is 65.4 Å². The third-order valence-corrected chi connectivity index (χ3v) is 6.24. The Bertz CT molecular complexity index is 1330. The first kappa shape index (κ1) is 22.8. The summed E-state index contributed by atoms with van der Waals surface area (Å²) in [7, 11) is 0. The molecule has 4 heterocycles. The number of aromatic nitrogens is 4. The lowest BCUT2D eigenvalue weighted by Crippen LogP contribution is -2.49. The zero-order valence-corrected chi connectivity index (χ0v) is 20.2. The number of pyridine rings is 1. The summed E-state index contributed by atoms with van der Waals surface area (Å²) in [5.74, 6) is 2.45. The van der Waals surface area contributed by atoms with E-state index in [1.54, 1.807) is 19.2 Å². The molecule has 1 fully saturated rings. The fourth-order valence-electron chi connectivity index (χ4n) is 3.99. The van der Waals surface area contributed by atoms with Crippen LogP contribution in [0.1, 0.15) is 21.7 Å². The van der Waals surface area contributed by atoms with E-state index in [2.05, 4.69) is 30.6 Å². The largest absolute Gasteiger partial charge is 0.360 e. The van der Waals surface area contributed by atoms with Crippen molar-refractivity contribution in [3.8, 4) is 11.3 Å². The second-order valence-corrected chi connectivity index (χ2v) is 8.75. The van der Waals surface area contributed by atoms with Crippen molar-refractivity contribution in [2.24, 2.45) is 0 Å². The Morgan fingerprint density at radius 3 is 2.43 bits per heavy atom. The third-order valence-electron chi connectivity index (χ3n) is 5.91. The molecule has 0 atom stereocenters. The number of rotatable bonds is 5. The van der Waals surface area contributed by atoms with Crippen molar-refractivity contribution in [3.63, 3.8) is 0 Å². The number of aryl methyl sites for hydroxylation is 2. The Morgan fingerprint density at radius 2 is 1.74 bits per heavy atom. The van der Waals surface area contributed by atoms with Gasteiger partial charge in [0.25, 0.3) is 5.91 Å². The fourth-order valence-corrected chi connectivity index (χ4v) is 4.22. The molecular formula is C25H24ClN7O2. The minimum Gasteiger partial charge on any atom is -0.360 e. The number of carbonyl (C=O) groups is 1. The van der Waals surface area contributed by atoms with Gasteiger partial charge < -0.3 is 19.6 Å². The maximum atomic E-state index is 13.4. The topological polar surface area (TPSA) is 100 Å². The monoisotopic (exact) mass is 489 g/mol. The van der Waals surface area contributed by atoms with Crippen LogP contribution in [0.4, 0.5) is 17.5 Å². The van der Waals surface area contributed by atoms with Crippen LogP contribution in [0.2, 0.25) is 5.02 Å². The van der Waals surface area contributed by atoms with E-state index in [1.807, 2.05) is 54.3 Å². The van der Waals surface area contributed by atoms with Crippen LogP contribution >= 0.6 is 11.6 Å². The van der Waals surface area contributed by atoms with Crippen LogP contribution < -0.4 is 10.2 Å². The first-order valence-corrected chi connectivity index (χ1v) is 11.7. The SMILES string of the molecule is Cc1ccc(Nc2ccc(N3CCN(C(=O)c4c(-c5ccccc5Cl)noc4C)CC3)nn2)nc1. The van der Waals surface area contributed by atoms with E-state index in [-0.39, 0.29) is 5.91 Å². The average molecular weight is 490 g/mol. The number of halogens is 1. The van der Waals surface area contributed by atoms with E-state index in [1.165, 1.54) is 0 Å². The summed E-state index contributed by atoms with van der Waals surface area (Å²) in [5.41, 5.74) is 2.69. The molecule has 4 aromatic rings. The molecule has 9 nitrogen and oxygen atoms in total. The van der Waals surface area contributed by atoms with Crippen molar-refractivity contribution in [2.75, 3.05) is 36.4 Å². The normalized spacial score (nSPS) is 13.7. The quantitative estimate of drug-likeness (QED) is 0.437. The standard InChI is InChI=1S/C25H24ClN7O2/c1-16-7-8-20(27-15-16)28-21-9-10-22(30-29-21)32-11-13-33(14-12-32)25(34)23-17(2)35-31-24(23)18-5-3-4-6-19(18)26/h3-10,15H,11-14H2,1-2H3,(H,27,28,29). The number of benzene rings is 1. The summed E-state index contributed by atoms with van der Waals surface area (Å²) in [6.45, 7) is 6.09. The summed E-state index contributed by atoms with van der Waals surface area (Å²) >= 11 is 6.35. The summed E-state index contributed by atoms with van der Waals surface area (Å²) in [4.78, 5) is 21.6. The fraction of sp³-hybridized carbons (Fsp3) is 0.240. The van der Waals surface area contributed by atoms with Gasteiger partial charge >= 0.3 is 0 Å². The second-order valence-electron chi connectivity index (χ2n) is 8.34. The van der Waals surface area contributed by atoms with Crippen LogP contribution in [0.3, 0.4) is 0 Å². The van der Waals surface area contributed by atoms with Gasteiger partial charge in [0.2, 0.25) is 0 Å². The van der Waals surface area contributed by atoms with Gasteiger partial charge in [0, 0.05) is 37.9 Å². The molecule has 35 heavy (non-hydrogen) atoms. The Morgan fingerprint density at radius 1 is 0.971 bits per heavy atom. The van der Waals surface area contributed by atoms with E-state index in [0.717, 1.165) is 11.4 Å². The van der Waals surface area contributed by atoms with E-state index in [4.69, 9.17) is 16.1 Å². The molecule has 0 radical (unpaired) electrons. The number of carbonyl (C=O) groups excluding carboxylic acids is 1. The van der Waals surface area contributed by atoms with Crippen LogP contribution in [0, 0.1) is 13.8 Å². The molecule has 3 aromatic heterocycles. The van der Waals surface area contributed by atoms with E-state index < -0.39 is 0 Å². The van der Waals surface area contributed by atoms with E-state index in [9.17, 15) is 4.79 Å². The first-order chi connectivity index (χ1) is 17.0. The first-order valence-electron chi connectivity index (χ1n) is 11.3. The van der Waals surface area contributed by atoms with Crippen LogP contribution in [0.15, 0.2) is 59.3 Å². The van der Waals surface area contributed by atoms with Gasteiger partial charge in [-0.2, -0.15) is 0 Å². The van der Waals surface area contributed by atoms with Crippen molar-refractivity contribution in [2.45, 2.75) is 13.8 Å². The number of nitrogens with one attached hydrogen (secondary N) is 1. The number of piperazine rings is 1. The van der Waals surface area contributed by atoms with Crippen LogP contribution in [0.25, 0.3) is 11.3 Å². The molecule has 0 spiro atoms. The molecule has 178 valence electrons. The third kappa shape index (κ3) is 4.81. The molecular weight excluding hydrogens is 466 g/mol. The molecule has 1 amide bonds. The van der Waals surface area contributed by atoms with Gasteiger partial charge in [-0.3, -0.25) is 4.79 Å². The predicted molar refractivity (Wildman–Crippen MR) is 134 cm³/mol. The predicted octanol–water partition coefficient (Wildman–Crippen LogP) is 4.50. The maximum absolute atomic E-state index is 13.4. The highest BCUT2D eigenvalue weighted by molar-refractivity contribution is 6.33. The van der Waals surface area contributed by atoms with Gasteiger partial charge in [-0.25, -0.2) is 4.98 Å². The molecule has 5 rings (SSSR count). The molecule has 1 aromatic carbocycles. The molecule has 0 saturated carbocycles. The molecule has 1 N–H and O–H groups in total. The van der Waals surface area contributed by atoms with E-state index >= 15 is 0 Å². The average Bonchev–Trinajstić information content (AvgIpc) is 3.27. The zero-order valence-electron chi connectivity index (χ0n) is 19.4. The Balaban J connectivity index is 1.24. The van der Waals surface area contributed by atoms with Crippen LogP contribution in [-0.4, -0.2) is 57.3 Å². The lowest BCUT2D eigenvalue weighted by atomic mass is 10.0. The summed E-state index contributed by atoms with van der Waals surface area (Å²) in [6, 6.07) is 15.0. The maximum Gasteiger partial charge on any atom is 0.259 e. The van der Waals surface area contributed by atoms with Gasteiger partial charge in [0.1, 0.15) is 22.8 Å². The number of hydrogen-bond donors (Lipinski definition) is 1. The van der Waals surface area contributed by atoms with Gasteiger partial charge in [0.05, 0.1) is 5.02 Å². The summed E-state index contributed by atoms with van der Waals surface area (Å²) in [5, 5.41) is 16.4. The molecule has 0 bridgehead atoms. The Hall–Kier alpha value is -3.98. The Labute approximate surface area is 207 Å². The molecule has 1 saturated heterocycles. The van der Waals surface area contributed by atoms with Crippen molar-refractivity contribution in [1.82, 2.24) is 25.2 Å². The van der Waals surface area contributed by atoms with Crippen molar-refractivity contribution in [1.29, 1.82) is 0 Å². The number of amides is 1. The van der Waals surface area contributed by atoms with Crippen LogP contribution in [0.5, 0.6) is 0 Å². The molecule has 1 aliphatic heterocycles. The highest BCUT2D eigenvalue weighted by Crippen LogP contribution is 2.32. The number of hydrogen-bond acceptors (Lipinski definition) is 8. The lowest BCUT2D eigenvalue weighted by molar-refractivity contribution is 0.0745. The summed E-state index contributed by atoms with van der Waals surface area (Å²) in [6.07, 6.45) is 1.80. The minimum absolute atomic E-state index is 0.116. The number of nitrogens with zero attached hydrogens (tertiary/aromatic N) is 6. The molecule has 1 aliphatic rings. The lowest BCUT2D eigenvalue weighted by Gasteiger charge is -2.35. The highest BCUT2D eigenvalue weighted by atomic mass is 35.5. The van der Waals surface area contributed by atoms with Gasteiger partial charge in [-0.1, -0.05) is 41.0 Å². The molecule has 0 unspecified atom stereocenters. The highest BCUT2D eigenvalue weighted by Gasteiger charge is 2.29.